The second-order valence-corrected chi connectivity index (χ2v) is 7.48. The predicted molar refractivity (Wildman–Crippen MR) is 95.1 cm³/mol. The van der Waals surface area contributed by atoms with Gasteiger partial charge in [-0.2, -0.15) is 13.2 Å². The molecule has 0 unspecified atom stereocenters. The molecule has 1 fully saturated rings. The number of thioether (sulfide) groups is 1. The van der Waals surface area contributed by atoms with Gasteiger partial charge in [-0.05, 0) is 78.9 Å². The van der Waals surface area contributed by atoms with Crippen LogP contribution < -0.4 is 4.90 Å². The Labute approximate surface area is 149 Å². The lowest BCUT2D eigenvalue weighted by atomic mass is 9.90. The maximum atomic E-state index is 12.4. The summed E-state index contributed by atoms with van der Waals surface area (Å²) in [6.07, 6.45) is 3.01. The fourth-order valence-corrected chi connectivity index (χ4v) is 3.76. The largest absolute Gasteiger partial charge is 0.508 e. The highest BCUT2D eigenvalue weighted by molar-refractivity contribution is 8.00. The van der Waals surface area contributed by atoms with Crippen LogP contribution >= 0.6 is 11.8 Å². The van der Waals surface area contributed by atoms with Crippen LogP contribution in [0.2, 0.25) is 0 Å². The Morgan fingerprint density at radius 1 is 0.960 bits per heavy atom. The molecular weight excluding hydrogens is 347 g/mol. The number of phenolic OH excluding ortho intramolecular Hbond substituents is 1. The molecule has 0 bridgehead atoms. The van der Waals surface area contributed by atoms with E-state index in [0.717, 1.165) is 43.6 Å². The quantitative estimate of drug-likeness (QED) is 0.726. The van der Waals surface area contributed by atoms with E-state index in [2.05, 4.69) is 4.90 Å². The first-order valence-electron chi connectivity index (χ1n) is 8.28. The van der Waals surface area contributed by atoms with E-state index >= 15 is 0 Å². The van der Waals surface area contributed by atoms with E-state index in [1.165, 1.54) is 0 Å². The van der Waals surface area contributed by atoms with Crippen molar-refractivity contribution in [3.8, 4) is 5.75 Å². The Morgan fingerprint density at radius 2 is 1.56 bits per heavy atom. The van der Waals surface area contributed by atoms with Crippen LogP contribution in [0.4, 0.5) is 18.9 Å². The van der Waals surface area contributed by atoms with Crippen LogP contribution in [0.5, 0.6) is 5.75 Å². The zero-order chi connectivity index (χ0) is 17.9. The molecule has 2 aromatic rings. The van der Waals surface area contributed by atoms with E-state index in [-0.39, 0.29) is 22.4 Å². The number of anilines is 1. The lowest BCUT2D eigenvalue weighted by molar-refractivity contribution is -0.0328. The number of hydrogen-bond acceptors (Lipinski definition) is 3. The molecule has 134 valence electrons. The first-order valence-corrected chi connectivity index (χ1v) is 9.09. The molecule has 3 rings (SSSR count). The third-order valence-corrected chi connectivity index (χ3v) is 5.25. The lowest BCUT2D eigenvalue weighted by Crippen LogP contribution is -2.34. The minimum atomic E-state index is -4.23. The number of benzene rings is 2. The van der Waals surface area contributed by atoms with Gasteiger partial charge in [0.1, 0.15) is 5.75 Å². The molecule has 1 heterocycles. The second-order valence-electron chi connectivity index (χ2n) is 6.34. The number of halogens is 3. The fourth-order valence-electron chi connectivity index (χ4n) is 3.22. The minimum absolute atomic E-state index is 0.0701. The molecule has 25 heavy (non-hydrogen) atoms. The van der Waals surface area contributed by atoms with E-state index in [1.807, 2.05) is 12.1 Å². The van der Waals surface area contributed by atoms with Crippen LogP contribution in [0.25, 0.3) is 0 Å². The summed E-state index contributed by atoms with van der Waals surface area (Å²) in [6.45, 7) is 1.91. The van der Waals surface area contributed by atoms with Crippen molar-refractivity contribution in [2.45, 2.75) is 29.7 Å². The molecule has 1 N–H and O–H groups in total. The molecule has 2 nitrogen and oxygen atoms in total. The topological polar surface area (TPSA) is 23.5 Å². The number of hydrogen-bond donors (Lipinski definition) is 1. The monoisotopic (exact) mass is 367 g/mol. The zero-order valence-corrected chi connectivity index (χ0v) is 14.5. The highest BCUT2D eigenvalue weighted by Crippen LogP contribution is 2.37. The smallest absolute Gasteiger partial charge is 0.446 e. The number of rotatable bonds is 4. The summed E-state index contributed by atoms with van der Waals surface area (Å²) in [7, 11) is 0. The van der Waals surface area contributed by atoms with Gasteiger partial charge in [0, 0.05) is 23.7 Å². The van der Waals surface area contributed by atoms with Gasteiger partial charge in [0.15, 0.2) is 0 Å². The molecule has 6 heteroatoms. The average molecular weight is 367 g/mol. The summed E-state index contributed by atoms with van der Waals surface area (Å²) in [5.41, 5.74) is -2.03. The molecule has 0 spiro atoms. The molecule has 2 aromatic carbocycles. The normalized spacial score (nSPS) is 16.2. The van der Waals surface area contributed by atoms with Gasteiger partial charge >= 0.3 is 5.51 Å². The Balaban J connectivity index is 1.51. The standard InChI is InChI=1S/C19H20F3NOS/c20-19(21,22)25-18-7-1-14(2-8-18)13-15-9-11-23(12-10-15)16-3-5-17(24)6-4-16/h1-8,15,24H,9-13H2. The summed E-state index contributed by atoms with van der Waals surface area (Å²) in [5, 5.41) is 9.36. The molecule has 0 radical (unpaired) electrons. The van der Waals surface area contributed by atoms with Gasteiger partial charge in [0.25, 0.3) is 0 Å². The Morgan fingerprint density at radius 3 is 2.12 bits per heavy atom. The van der Waals surface area contributed by atoms with Gasteiger partial charge in [-0.25, -0.2) is 0 Å². The predicted octanol–water partition coefficient (Wildman–Crippen LogP) is 5.46. The van der Waals surface area contributed by atoms with Crippen molar-refractivity contribution in [1.82, 2.24) is 0 Å². The number of nitrogens with zero attached hydrogens (tertiary/aromatic N) is 1. The SMILES string of the molecule is Oc1ccc(N2CCC(Cc3ccc(SC(F)(F)F)cc3)CC2)cc1. The number of phenols is 1. The van der Waals surface area contributed by atoms with Crippen LogP contribution in [-0.2, 0) is 6.42 Å². The van der Waals surface area contributed by atoms with Crippen molar-refractivity contribution in [2.24, 2.45) is 5.92 Å². The number of aromatic hydroxyl groups is 1. The second kappa shape index (κ2) is 7.60. The molecule has 0 amide bonds. The third kappa shape index (κ3) is 5.33. The van der Waals surface area contributed by atoms with Crippen molar-refractivity contribution in [1.29, 1.82) is 0 Å². The number of piperidine rings is 1. The average Bonchev–Trinajstić information content (AvgIpc) is 2.57. The lowest BCUT2D eigenvalue weighted by Gasteiger charge is -2.33. The van der Waals surface area contributed by atoms with Crippen LogP contribution in [0.1, 0.15) is 18.4 Å². The maximum absolute atomic E-state index is 12.4. The van der Waals surface area contributed by atoms with Crippen molar-refractivity contribution in [3.63, 3.8) is 0 Å². The summed E-state index contributed by atoms with van der Waals surface area (Å²) in [5.74, 6) is 0.820. The van der Waals surface area contributed by atoms with Crippen molar-refractivity contribution in [2.75, 3.05) is 18.0 Å². The maximum Gasteiger partial charge on any atom is 0.446 e. The van der Waals surface area contributed by atoms with E-state index in [9.17, 15) is 18.3 Å². The Bertz CT molecular complexity index is 677. The first-order chi connectivity index (χ1) is 11.9. The van der Waals surface area contributed by atoms with Crippen LogP contribution in [0.15, 0.2) is 53.4 Å². The van der Waals surface area contributed by atoms with Crippen molar-refractivity contribution in [3.05, 3.63) is 54.1 Å². The first kappa shape index (κ1) is 18.0. The fraction of sp³-hybridized carbons (Fsp3) is 0.368. The van der Waals surface area contributed by atoms with Crippen LogP contribution in [-0.4, -0.2) is 23.7 Å². The molecule has 0 aliphatic carbocycles. The molecule has 0 saturated carbocycles. The molecular formula is C19H20F3NOS. The number of alkyl halides is 3. The molecule has 1 aliphatic heterocycles. The molecule has 1 saturated heterocycles. The van der Waals surface area contributed by atoms with Gasteiger partial charge in [-0.15, -0.1) is 0 Å². The minimum Gasteiger partial charge on any atom is -0.508 e. The van der Waals surface area contributed by atoms with Gasteiger partial charge in [-0.1, -0.05) is 12.1 Å². The Kier molecular flexibility index (Phi) is 5.47. The van der Waals surface area contributed by atoms with Gasteiger partial charge in [0.2, 0.25) is 0 Å². The summed E-state index contributed by atoms with van der Waals surface area (Å²) in [6, 6.07) is 14.0. The summed E-state index contributed by atoms with van der Waals surface area (Å²) < 4.78 is 37.1. The van der Waals surface area contributed by atoms with Gasteiger partial charge in [-0.3, -0.25) is 0 Å². The molecule has 0 aromatic heterocycles. The van der Waals surface area contributed by atoms with E-state index in [1.54, 1.807) is 36.4 Å². The van der Waals surface area contributed by atoms with Crippen molar-refractivity contribution < 1.29 is 18.3 Å². The summed E-state index contributed by atoms with van der Waals surface area (Å²) in [4.78, 5) is 2.54. The van der Waals surface area contributed by atoms with E-state index in [0.29, 0.717) is 5.92 Å². The molecule has 0 atom stereocenters. The summed E-state index contributed by atoms with van der Waals surface area (Å²) >= 11 is -0.0701. The highest BCUT2D eigenvalue weighted by Gasteiger charge is 2.29. The molecule has 1 aliphatic rings. The third-order valence-electron chi connectivity index (χ3n) is 4.51. The van der Waals surface area contributed by atoms with Crippen molar-refractivity contribution >= 4 is 17.4 Å². The Hall–Kier alpha value is -1.82. The van der Waals surface area contributed by atoms with Gasteiger partial charge in [0.05, 0.1) is 0 Å². The van der Waals surface area contributed by atoms with Crippen LogP contribution in [0.3, 0.4) is 0 Å². The van der Waals surface area contributed by atoms with Gasteiger partial charge < -0.3 is 10.0 Å². The highest BCUT2D eigenvalue weighted by atomic mass is 32.2. The zero-order valence-electron chi connectivity index (χ0n) is 13.7. The van der Waals surface area contributed by atoms with E-state index in [4.69, 9.17) is 0 Å². The van der Waals surface area contributed by atoms with Crippen LogP contribution in [0, 0.1) is 5.92 Å². The van der Waals surface area contributed by atoms with E-state index < -0.39 is 5.51 Å².